The van der Waals surface area contributed by atoms with Crippen molar-refractivity contribution >= 4 is 46.2 Å². The van der Waals surface area contributed by atoms with Crippen LogP contribution in [0.15, 0.2) is 48.5 Å². The summed E-state index contributed by atoms with van der Waals surface area (Å²) in [6.07, 6.45) is -0.476. The number of nitrogens with zero attached hydrogens (tertiary/aromatic N) is 1. The van der Waals surface area contributed by atoms with Crippen molar-refractivity contribution < 1.29 is 23.8 Å². The van der Waals surface area contributed by atoms with Crippen LogP contribution in [0.5, 0.6) is 11.6 Å². The second-order valence-corrected chi connectivity index (χ2v) is 9.07. The van der Waals surface area contributed by atoms with Crippen LogP contribution in [-0.2, 0) is 20.7 Å². The maximum Gasteiger partial charge on any atom is 0.408 e. The molecule has 174 valence electrons. The number of ether oxygens (including phenoxy) is 3. The number of nitrogens with one attached hydrogen (secondary N) is 1. The molecule has 1 unspecified atom stereocenters. The molecule has 1 heterocycles. The Labute approximate surface area is 201 Å². The van der Waals surface area contributed by atoms with E-state index in [-0.39, 0.29) is 6.42 Å². The minimum atomic E-state index is -0.903. The first-order valence-corrected chi connectivity index (χ1v) is 10.9. The van der Waals surface area contributed by atoms with Gasteiger partial charge in [0, 0.05) is 17.9 Å². The topological polar surface area (TPSA) is 86.8 Å². The second-order valence-electron chi connectivity index (χ2n) is 8.26. The average Bonchev–Trinajstić information content (AvgIpc) is 2.74. The largest absolute Gasteiger partial charge is 0.467 e. The summed E-state index contributed by atoms with van der Waals surface area (Å²) in [5.74, 6) is 0.0992. The van der Waals surface area contributed by atoms with Gasteiger partial charge in [-0.2, -0.15) is 0 Å². The van der Waals surface area contributed by atoms with Gasteiger partial charge >= 0.3 is 12.1 Å². The van der Waals surface area contributed by atoms with Gasteiger partial charge in [0.05, 0.1) is 22.7 Å². The molecule has 3 aromatic rings. The molecule has 0 saturated carbocycles. The van der Waals surface area contributed by atoms with Gasteiger partial charge in [0.15, 0.2) is 5.75 Å². The number of halogens is 2. The van der Waals surface area contributed by atoms with Crippen LogP contribution in [0.25, 0.3) is 10.9 Å². The molecular formula is C24H24Cl2N2O5. The predicted molar refractivity (Wildman–Crippen MR) is 127 cm³/mol. The van der Waals surface area contributed by atoms with Crippen molar-refractivity contribution in [3.8, 4) is 11.6 Å². The summed E-state index contributed by atoms with van der Waals surface area (Å²) >= 11 is 12.3. The van der Waals surface area contributed by atoms with E-state index in [1.165, 1.54) is 7.11 Å². The Morgan fingerprint density at radius 1 is 1.06 bits per heavy atom. The minimum absolute atomic E-state index is 0.218. The molecule has 1 atom stereocenters. The summed E-state index contributed by atoms with van der Waals surface area (Å²) in [6.45, 7) is 5.23. The zero-order valence-electron chi connectivity index (χ0n) is 18.6. The van der Waals surface area contributed by atoms with E-state index in [1.807, 2.05) is 18.2 Å². The van der Waals surface area contributed by atoms with Crippen LogP contribution in [-0.4, -0.2) is 35.8 Å². The molecule has 3 rings (SSSR count). The van der Waals surface area contributed by atoms with Crippen LogP contribution >= 0.6 is 23.2 Å². The molecule has 2 aromatic carbocycles. The van der Waals surface area contributed by atoms with E-state index in [4.69, 9.17) is 37.4 Å². The molecule has 1 N–H and O–H groups in total. The van der Waals surface area contributed by atoms with Crippen molar-refractivity contribution in [1.82, 2.24) is 10.3 Å². The van der Waals surface area contributed by atoms with Gasteiger partial charge in [-0.1, -0.05) is 35.3 Å². The lowest BCUT2D eigenvalue weighted by Gasteiger charge is -2.22. The fraction of sp³-hybridized carbons (Fsp3) is 0.292. The highest BCUT2D eigenvalue weighted by Crippen LogP contribution is 2.35. The molecule has 7 nitrogen and oxygen atoms in total. The highest BCUT2D eigenvalue weighted by molar-refractivity contribution is 6.37. The number of esters is 1. The third kappa shape index (κ3) is 6.73. The SMILES string of the molecule is COC(=O)C(Cc1ccc2nc(Oc3c(Cl)cccc3Cl)ccc2c1)NC(=O)OC(C)(C)C. The van der Waals surface area contributed by atoms with Crippen LogP contribution in [0, 0.1) is 0 Å². The van der Waals surface area contributed by atoms with Crippen molar-refractivity contribution in [2.45, 2.75) is 38.8 Å². The number of carbonyl (C=O) groups is 2. The van der Waals surface area contributed by atoms with Crippen LogP contribution in [0.1, 0.15) is 26.3 Å². The standard InChI is InChI=1S/C24H24Cl2N2O5/c1-24(2,3)33-23(30)28-19(22(29)31-4)13-14-8-10-18-15(12-14)9-11-20(27-18)32-21-16(25)6-5-7-17(21)26/h5-12,19H,13H2,1-4H3,(H,28,30). The third-order valence-electron chi connectivity index (χ3n) is 4.47. The summed E-state index contributed by atoms with van der Waals surface area (Å²) in [7, 11) is 1.27. The van der Waals surface area contributed by atoms with Crippen molar-refractivity contribution in [2.24, 2.45) is 0 Å². The van der Waals surface area contributed by atoms with Crippen LogP contribution < -0.4 is 10.1 Å². The number of amides is 1. The number of fused-ring (bicyclic) bond motifs is 1. The molecule has 0 radical (unpaired) electrons. The number of methoxy groups -OCH3 is 1. The van der Waals surface area contributed by atoms with E-state index in [0.29, 0.717) is 27.2 Å². The Morgan fingerprint density at radius 2 is 1.76 bits per heavy atom. The van der Waals surface area contributed by atoms with Gasteiger partial charge in [-0.15, -0.1) is 0 Å². The number of hydrogen-bond donors (Lipinski definition) is 1. The monoisotopic (exact) mass is 490 g/mol. The lowest BCUT2D eigenvalue weighted by atomic mass is 10.0. The first-order chi connectivity index (χ1) is 15.6. The lowest BCUT2D eigenvalue weighted by molar-refractivity contribution is -0.143. The van der Waals surface area contributed by atoms with Gasteiger partial charge in [-0.3, -0.25) is 0 Å². The Morgan fingerprint density at radius 3 is 2.39 bits per heavy atom. The van der Waals surface area contributed by atoms with Gasteiger partial charge in [0.25, 0.3) is 0 Å². The highest BCUT2D eigenvalue weighted by atomic mass is 35.5. The van der Waals surface area contributed by atoms with E-state index in [9.17, 15) is 9.59 Å². The maximum atomic E-state index is 12.2. The maximum absolute atomic E-state index is 12.2. The fourth-order valence-corrected chi connectivity index (χ4v) is 3.52. The quantitative estimate of drug-likeness (QED) is 0.430. The van der Waals surface area contributed by atoms with E-state index in [1.54, 1.807) is 51.1 Å². The zero-order chi connectivity index (χ0) is 24.2. The average molecular weight is 491 g/mol. The number of carbonyl (C=O) groups excluding carboxylic acids is 2. The number of benzene rings is 2. The first kappa shape index (κ1) is 24.6. The fourth-order valence-electron chi connectivity index (χ4n) is 3.05. The van der Waals surface area contributed by atoms with Crippen molar-refractivity contribution in [1.29, 1.82) is 0 Å². The van der Waals surface area contributed by atoms with Gasteiger partial charge in [-0.05, 0) is 56.7 Å². The van der Waals surface area contributed by atoms with Crippen LogP contribution in [0.3, 0.4) is 0 Å². The third-order valence-corrected chi connectivity index (χ3v) is 5.07. The Bertz CT molecular complexity index is 1160. The molecule has 0 fully saturated rings. The molecule has 0 aliphatic rings. The van der Waals surface area contributed by atoms with E-state index in [0.717, 1.165) is 10.9 Å². The Balaban J connectivity index is 1.78. The molecule has 1 aromatic heterocycles. The summed E-state index contributed by atoms with van der Waals surface area (Å²) in [6, 6.07) is 13.2. The summed E-state index contributed by atoms with van der Waals surface area (Å²) < 4.78 is 15.9. The zero-order valence-corrected chi connectivity index (χ0v) is 20.2. The predicted octanol–water partition coefficient (Wildman–Crippen LogP) is 5.94. The second kappa shape index (κ2) is 10.3. The molecule has 0 bridgehead atoms. The lowest BCUT2D eigenvalue weighted by Crippen LogP contribution is -2.45. The molecule has 1 amide bonds. The number of pyridine rings is 1. The smallest absolute Gasteiger partial charge is 0.408 e. The molecule has 0 spiro atoms. The minimum Gasteiger partial charge on any atom is -0.467 e. The summed E-state index contributed by atoms with van der Waals surface area (Å²) in [5.41, 5.74) is 0.792. The molecule has 0 aliphatic heterocycles. The Kier molecular flexibility index (Phi) is 7.66. The number of para-hydroxylation sites is 1. The highest BCUT2D eigenvalue weighted by Gasteiger charge is 2.25. The normalized spacial score (nSPS) is 12.2. The summed E-state index contributed by atoms with van der Waals surface area (Å²) in [5, 5.41) is 4.16. The number of aromatic nitrogens is 1. The van der Waals surface area contributed by atoms with E-state index in [2.05, 4.69) is 10.3 Å². The summed E-state index contributed by atoms with van der Waals surface area (Å²) in [4.78, 5) is 28.8. The Hall–Kier alpha value is -3.03. The van der Waals surface area contributed by atoms with Gasteiger partial charge < -0.3 is 19.5 Å². The van der Waals surface area contributed by atoms with Crippen molar-refractivity contribution in [3.05, 3.63) is 64.1 Å². The first-order valence-electron chi connectivity index (χ1n) is 10.1. The number of hydrogen-bond acceptors (Lipinski definition) is 6. The van der Waals surface area contributed by atoms with Crippen molar-refractivity contribution in [2.75, 3.05) is 7.11 Å². The molecule has 0 saturated heterocycles. The molecule has 0 aliphatic carbocycles. The molecule has 33 heavy (non-hydrogen) atoms. The van der Waals surface area contributed by atoms with E-state index >= 15 is 0 Å². The van der Waals surface area contributed by atoms with Crippen LogP contribution in [0.4, 0.5) is 4.79 Å². The van der Waals surface area contributed by atoms with Crippen molar-refractivity contribution in [3.63, 3.8) is 0 Å². The number of alkyl carbamates (subject to hydrolysis) is 1. The van der Waals surface area contributed by atoms with E-state index < -0.39 is 23.7 Å². The number of rotatable bonds is 6. The molecular weight excluding hydrogens is 467 g/mol. The van der Waals surface area contributed by atoms with Gasteiger partial charge in [0.2, 0.25) is 5.88 Å². The molecule has 9 heteroatoms. The van der Waals surface area contributed by atoms with Gasteiger partial charge in [-0.25, -0.2) is 14.6 Å². The van der Waals surface area contributed by atoms with Gasteiger partial charge in [0.1, 0.15) is 11.6 Å². The van der Waals surface area contributed by atoms with Crippen LogP contribution in [0.2, 0.25) is 10.0 Å².